The average molecular weight is 708 g/mol. The summed E-state index contributed by atoms with van der Waals surface area (Å²) in [5, 5.41) is 11.8. The molecule has 0 aliphatic heterocycles. The third-order valence-electron chi connectivity index (χ3n) is 6.45. The van der Waals surface area contributed by atoms with Crippen LogP contribution in [0.4, 0.5) is 10.8 Å². The molecular weight excluding hydrogens is 683 g/mol. The molecule has 0 aliphatic rings. The van der Waals surface area contributed by atoms with Crippen LogP contribution in [0.2, 0.25) is 15.1 Å². The van der Waals surface area contributed by atoms with E-state index in [0.29, 0.717) is 42.7 Å². The lowest BCUT2D eigenvalue weighted by Gasteiger charge is -2.13. The molecule has 4 aromatic carbocycles. The van der Waals surface area contributed by atoms with Gasteiger partial charge < -0.3 is 16.0 Å². The number of anilines is 2. The van der Waals surface area contributed by atoms with E-state index in [1.54, 1.807) is 110 Å². The van der Waals surface area contributed by atoms with Crippen molar-refractivity contribution in [3.63, 3.8) is 0 Å². The summed E-state index contributed by atoms with van der Waals surface area (Å²) in [6.07, 6.45) is 1.58. The number of nitrogens with zero attached hydrogens (tertiary/aromatic N) is 1. The van der Waals surface area contributed by atoms with Crippen molar-refractivity contribution in [1.29, 1.82) is 0 Å². The fraction of sp³-hybridized carbons (Fsp3) is 0.0588. The summed E-state index contributed by atoms with van der Waals surface area (Å²) >= 11 is 21.0. The van der Waals surface area contributed by atoms with Crippen LogP contribution in [0, 0.1) is 0 Å². The fourth-order valence-electron chi connectivity index (χ4n) is 4.10. The van der Waals surface area contributed by atoms with Gasteiger partial charge in [0, 0.05) is 37.1 Å². The van der Waals surface area contributed by atoms with Crippen LogP contribution in [-0.4, -0.2) is 28.0 Å². The summed E-state index contributed by atoms with van der Waals surface area (Å²) in [6.45, 7) is 1.80. The van der Waals surface area contributed by atoms with Gasteiger partial charge in [0.1, 0.15) is 5.70 Å². The first kappa shape index (κ1) is 33.2. The minimum atomic E-state index is -0.505. The SMILES string of the molecule is CC(Sc1ccc(NC(=O)/C(=C/c2ccc(Cl)cc2)NC(=O)c2ccccc2)cc1)C(=O)Nc1nc(-c2ccc(Cl)cc2Cl)cs1. The third kappa shape index (κ3) is 8.99. The van der Waals surface area contributed by atoms with Gasteiger partial charge in [-0.1, -0.05) is 65.1 Å². The zero-order valence-electron chi connectivity index (χ0n) is 24.1. The second-order valence-electron chi connectivity index (χ2n) is 9.82. The Morgan fingerprint density at radius 3 is 2.24 bits per heavy atom. The minimum absolute atomic E-state index is 0.0589. The molecule has 46 heavy (non-hydrogen) atoms. The van der Waals surface area contributed by atoms with Gasteiger partial charge in [-0.3, -0.25) is 14.4 Å². The number of thiazole rings is 1. The Labute approximate surface area is 289 Å². The Morgan fingerprint density at radius 2 is 1.54 bits per heavy atom. The normalized spacial score (nSPS) is 11.9. The van der Waals surface area contributed by atoms with Crippen molar-refractivity contribution in [2.75, 3.05) is 10.6 Å². The molecule has 0 aliphatic carbocycles. The van der Waals surface area contributed by atoms with Crippen molar-refractivity contribution in [1.82, 2.24) is 10.3 Å². The fourth-order valence-corrected chi connectivity index (χ4v) is 6.31. The summed E-state index contributed by atoms with van der Waals surface area (Å²) in [6, 6.07) is 27.7. The van der Waals surface area contributed by atoms with E-state index in [0.717, 1.165) is 10.5 Å². The number of halogens is 3. The van der Waals surface area contributed by atoms with Crippen LogP contribution in [-0.2, 0) is 9.59 Å². The van der Waals surface area contributed by atoms with Gasteiger partial charge in [-0.05, 0) is 85.3 Å². The molecule has 1 unspecified atom stereocenters. The molecule has 0 radical (unpaired) electrons. The Balaban J connectivity index is 1.21. The van der Waals surface area contributed by atoms with Gasteiger partial charge >= 0.3 is 0 Å². The molecule has 5 aromatic rings. The summed E-state index contributed by atoms with van der Waals surface area (Å²) in [5.41, 5.74) is 3.04. The average Bonchev–Trinajstić information content (AvgIpc) is 3.51. The zero-order valence-corrected chi connectivity index (χ0v) is 28.0. The number of carbonyl (C=O) groups excluding carboxylic acids is 3. The second-order valence-corrected chi connectivity index (χ2v) is 13.4. The maximum Gasteiger partial charge on any atom is 0.272 e. The van der Waals surface area contributed by atoms with Crippen LogP contribution in [0.5, 0.6) is 0 Å². The highest BCUT2D eigenvalue weighted by Crippen LogP contribution is 2.33. The van der Waals surface area contributed by atoms with Crippen molar-refractivity contribution in [2.45, 2.75) is 17.1 Å². The van der Waals surface area contributed by atoms with Crippen LogP contribution in [0.25, 0.3) is 17.3 Å². The summed E-state index contributed by atoms with van der Waals surface area (Å²) in [5.74, 6) is -1.13. The quantitative estimate of drug-likeness (QED) is 0.0993. The van der Waals surface area contributed by atoms with E-state index in [2.05, 4.69) is 20.9 Å². The van der Waals surface area contributed by atoms with Crippen molar-refractivity contribution in [2.24, 2.45) is 0 Å². The smallest absolute Gasteiger partial charge is 0.272 e. The Kier molecular flexibility index (Phi) is 11.2. The lowest BCUT2D eigenvalue weighted by Crippen LogP contribution is -2.30. The molecular formula is C34H25Cl3N4O3S2. The molecule has 232 valence electrons. The molecule has 0 saturated carbocycles. The van der Waals surface area contributed by atoms with Crippen molar-refractivity contribution >= 4 is 92.5 Å². The van der Waals surface area contributed by atoms with E-state index in [1.165, 1.54) is 23.1 Å². The predicted molar refractivity (Wildman–Crippen MR) is 190 cm³/mol. The standard InChI is InChI=1S/C34H25Cl3N4O3S2/c1-20(31(42)41-34-40-30(19-45-34)27-16-11-24(36)18-28(27)37)46-26-14-12-25(13-15-26)38-33(44)29(17-21-7-9-23(35)10-8-21)39-32(43)22-5-3-2-4-6-22/h2-20H,1H3,(H,38,44)(H,39,43)(H,40,41,42)/b29-17-. The number of hydrogen-bond donors (Lipinski definition) is 3. The highest BCUT2D eigenvalue weighted by Gasteiger charge is 2.18. The van der Waals surface area contributed by atoms with E-state index in [-0.39, 0.29) is 11.6 Å². The van der Waals surface area contributed by atoms with Crippen LogP contribution >= 0.6 is 57.9 Å². The van der Waals surface area contributed by atoms with Crippen LogP contribution in [0.3, 0.4) is 0 Å². The van der Waals surface area contributed by atoms with Crippen molar-refractivity contribution in [3.8, 4) is 11.3 Å². The summed E-state index contributed by atoms with van der Waals surface area (Å²) in [4.78, 5) is 44.4. The number of thioether (sulfide) groups is 1. The number of amides is 3. The number of hydrogen-bond acceptors (Lipinski definition) is 6. The van der Waals surface area contributed by atoms with Gasteiger partial charge in [-0.2, -0.15) is 0 Å². The van der Waals surface area contributed by atoms with Gasteiger partial charge in [0.05, 0.1) is 16.0 Å². The number of rotatable bonds is 10. The van der Waals surface area contributed by atoms with Crippen molar-refractivity contribution in [3.05, 3.63) is 134 Å². The second kappa shape index (κ2) is 15.4. The maximum atomic E-state index is 13.3. The molecule has 1 atom stereocenters. The first-order valence-electron chi connectivity index (χ1n) is 13.8. The monoisotopic (exact) mass is 706 g/mol. The number of aromatic nitrogens is 1. The molecule has 5 rings (SSSR count). The lowest BCUT2D eigenvalue weighted by atomic mass is 10.1. The molecule has 3 amide bonds. The van der Waals surface area contributed by atoms with Crippen molar-refractivity contribution < 1.29 is 14.4 Å². The zero-order chi connectivity index (χ0) is 32.6. The van der Waals surface area contributed by atoms with Crippen LogP contribution < -0.4 is 16.0 Å². The predicted octanol–water partition coefficient (Wildman–Crippen LogP) is 9.30. The summed E-state index contributed by atoms with van der Waals surface area (Å²) in [7, 11) is 0. The van der Waals surface area contributed by atoms with E-state index in [1.807, 2.05) is 5.38 Å². The van der Waals surface area contributed by atoms with Gasteiger partial charge in [-0.25, -0.2) is 4.98 Å². The number of benzene rings is 4. The highest BCUT2D eigenvalue weighted by molar-refractivity contribution is 8.00. The van der Waals surface area contributed by atoms with Gasteiger partial charge in [0.15, 0.2) is 5.13 Å². The Hall–Kier alpha value is -4.12. The molecule has 0 saturated heterocycles. The van der Waals surface area contributed by atoms with E-state index in [9.17, 15) is 14.4 Å². The topological polar surface area (TPSA) is 100 Å². The van der Waals surface area contributed by atoms with Crippen LogP contribution in [0.15, 0.2) is 113 Å². The van der Waals surface area contributed by atoms with E-state index < -0.39 is 17.1 Å². The van der Waals surface area contributed by atoms with E-state index in [4.69, 9.17) is 34.8 Å². The number of nitrogens with one attached hydrogen (secondary N) is 3. The molecule has 1 aromatic heterocycles. The molecule has 0 spiro atoms. The summed E-state index contributed by atoms with van der Waals surface area (Å²) < 4.78 is 0. The highest BCUT2D eigenvalue weighted by atomic mass is 35.5. The Morgan fingerprint density at radius 1 is 0.848 bits per heavy atom. The Bertz CT molecular complexity index is 1900. The van der Waals surface area contributed by atoms with E-state index >= 15 is 0 Å². The largest absolute Gasteiger partial charge is 0.321 e. The third-order valence-corrected chi connectivity index (χ3v) is 9.11. The molecule has 1 heterocycles. The molecule has 12 heteroatoms. The maximum absolute atomic E-state index is 13.3. The lowest BCUT2D eigenvalue weighted by molar-refractivity contribution is -0.115. The first-order chi connectivity index (χ1) is 22.1. The molecule has 0 fully saturated rings. The van der Waals surface area contributed by atoms with Crippen LogP contribution in [0.1, 0.15) is 22.8 Å². The molecule has 0 bridgehead atoms. The molecule has 7 nitrogen and oxygen atoms in total. The first-order valence-corrected chi connectivity index (χ1v) is 16.7. The van der Waals surface area contributed by atoms with Gasteiger partial charge in [0.25, 0.3) is 11.8 Å². The molecule has 3 N–H and O–H groups in total. The minimum Gasteiger partial charge on any atom is -0.321 e. The van der Waals surface area contributed by atoms with Gasteiger partial charge in [-0.15, -0.1) is 23.1 Å². The number of carbonyl (C=O) groups is 3. The van der Waals surface area contributed by atoms with Gasteiger partial charge in [0.2, 0.25) is 5.91 Å².